The highest BCUT2D eigenvalue weighted by Gasteiger charge is 2.19. The number of ether oxygens (including phenoxy) is 4. The third-order valence-corrected chi connectivity index (χ3v) is 2.31. The smallest absolute Gasteiger partial charge is 0.330 e. The van der Waals surface area contributed by atoms with Gasteiger partial charge < -0.3 is 18.9 Å². The van der Waals surface area contributed by atoms with Crippen LogP contribution in [0.3, 0.4) is 0 Å². The fourth-order valence-corrected chi connectivity index (χ4v) is 1.15. The normalized spacial score (nSPS) is 10.1. The number of rotatable bonds is 11. The molecule has 0 atom stereocenters. The molecule has 6 heteroatoms. The van der Waals surface area contributed by atoms with E-state index in [1.165, 1.54) is 0 Å². The van der Waals surface area contributed by atoms with Crippen LogP contribution >= 0.6 is 0 Å². The van der Waals surface area contributed by atoms with Gasteiger partial charge in [-0.15, -0.1) is 0 Å². The van der Waals surface area contributed by atoms with Gasteiger partial charge in [0.05, 0.1) is 19.8 Å². The minimum Gasteiger partial charge on any atom is -0.462 e. The van der Waals surface area contributed by atoms with Gasteiger partial charge in [-0.2, -0.15) is 0 Å². The van der Waals surface area contributed by atoms with E-state index in [1.54, 1.807) is 0 Å². The minimum absolute atomic E-state index is 0.130. The van der Waals surface area contributed by atoms with Gasteiger partial charge in [0.1, 0.15) is 6.61 Å². The van der Waals surface area contributed by atoms with E-state index in [9.17, 15) is 9.59 Å². The zero-order valence-electron chi connectivity index (χ0n) is 14.8. The molecule has 0 saturated carbocycles. The van der Waals surface area contributed by atoms with Gasteiger partial charge in [0.2, 0.25) is 0 Å². The van der Waals surface area contributed by atoms with Crippen molar-refractivity contribution in [2.24, 2.45) is 5.41 Å². The van der Waals surface area contributed by atoms with E-state index in [2.05, 4.69) is 17.9 Å². The Balaban J connectivity index is 0. The maximum absolute atomic E-state index is 10.8. The van der Waals surface area contributed by atoms with Crippen LogP contribution in [0.4, 0.5) is 0 Å². The molecule has 23 heavy (non-hydrogen) atoms. The van der Waals surface area contributed by atoms with Crippen molar-refractivity contribution in [2.75, 3.05) is 39.6 Å². The second-order valence-electron chi connectivity index (χ2n) is 5.18. The summed E-state index contributed by atoms with van der Waals surface area (Å²) in [6.07, 6.45) is 2.29. The molecule has 0 aliphatic heterocycles. The lowest BCUT2D eigenvalue weighted by molar-refractivity contribution is -0.142. The summed E-state index contributed by atoms with van der Waals surface area (Å²) in [5.74, 6) is -0.788. The SMILES string of the molecule is C=CC(=O)OCC(C)(C)COCC.C=CC(=O)OCCOCC. The maximum atomic E-state index is 10.8. The maximum Gasteiger partial charge on any atom is 0.330 e. The van der Waals surface area contributed by atoms with Gasteiger partial charge in [0.25, 0.3) is 0 Å². The lowest BCUT2D eigenvalue weighted by Crippen LogP contribution is -2.26. The van der Waals surface area contributed by atoms with Crippen molar-refractivity contribution in [1.82, 2.24) is 0 Å². The molecule has 0 aromatic heterocycles. The van der Waals surface area contributed by atoms with Gasteiger partial charge in [-0.25, -0.2) is 9.59 Å². The number of carbonyl (C=O) groups is 2. The Labute approximate surface area is 139 Å². The average molecular weight is 330 g/mol. The molecule has 0 aromatic carbocycles. The highest BCUT2D eigenvalue weighted by atomic mass is 16.6. The second-order valence-corrected chi connectivity index (χ2v) is 5.18. The molecule has 0 N–H and O–H groups in total. The third kappa shape index (κ3) is 18.3. The summed E-state index contributed by atoms with van der Waals surface area (Å²) < 4.78 is 19.7. The molecule has 0 rings (SSSR count). The fraction of sp³-hybridized carbons (Fsp3) is 0.647. The first-order valence-corrected chi connectivity index (χ1v) is 7.56. The highest BCUT2D eigenvalue weighted by Crippen LogP contribution is 2.15. The molecule has 0 amide bonds. The molecular formula is C17H30O6. The number of hydrogen-bond acceptors (Lipinski definition) is 6. The molecule has 0 unspecified atom stereocenters. The van der Waals surface area contributed by atoms with Crippen LogP contribution in [0.15, 0.2) is 25.3 Å². The first kappa shape index (κ1) is 23.6. The van der Waals surface area contributed by atoms with Crippen molar-refractivity contribution in [3.8, 4) is 0 Å². The molecule has 0 bridgehead atoms. The van der Waals surface area contributed by atoms with Crippen LogP contribution in [0.2, 0.25) is 0 Å². The fourth-order valence-electron chi connectivity index (χ4n) is 1.15. The van der Waals surface area contributed by atoms with Crippen molar-refractivity contribution < 1.29 is 28.5 Å². The van der Waals surface area contributed by atoms with Gasteiger partial charge in [-0.05, 0) is 13.8 Å². The topological polar surface area (TPSA) is 71.1 Å². The van der Waals surface area contributed by atoms with E-state index in [0.717, 1.165) is 12.2 Å². The molecular weight excluding hydrogens is 300 g/mol. The standard InChI is InChI=1S/C10H18O3.C7H12O3/c1-5-9(11)13-8-10(3,4)7-12-6-2;1-3-7(8)10-6-5-9-4-2/h5H,1,6-8H2,2-4H3;3H,1,4-6H2,2H3. The summed E-state index contributed by atoms with van der Waals surface area (Å²) in [5, 5.41) is 0. The van der Waals surface area contributed by atoms with Crippen LogP contribution in [-0.4, -0.2) is 51.6 Å². The van der Waals surface area contributed by atoms with Crippen molar-refractivity contribution in [2.45, 2.75) is 27.7 Å². The first-order valence-electron chi connectivity index (χ1n) is 7.56. The molecule has 0 aromatic rings. The monoisotopic (exact) mass is 330 g/mol. The van der Waals surface area contributed by atoms with Gasteiger partial charge in [0.15, 0.2) is 0 Å². The van der Waals surface area contributed by atoms with Crippen LogP contribution in [0.25, 0.3) is 0 Å². The Morgan fingerprint density at radius 1 is 0.870 bits per heavy atom. The van der Waals surface area contributed by atoms with E-state index >= 15 is 0 Å². The predicted octanol–water partition coefficient (Wildman–Crippen LogP) is 2.53. The Morgan fingerprint density at radius 3 is 1.87 bits per heavy atom. The van der Waals surface area contributed by atoms with Crippen LogP contribution in [0, 0.1) is 5.41 Å². The highest BCUT2D eigenvalue weighted by molar-refractivity contribution is 5.81. The zero-order valence-corrected chi connectivity index (χ0v) is 14.8. The lowest BCUT2D eigenvalue weighted by Gasteiger charge is -2.23. The molecule has 0 aliphatic carbocycles. The zero-order chi connectivity index (χ0) is 18.1. The van der Waals surface area contributed by atoms with Crippen molar-refractivity contribution in [1.29, 1.82) is 0 Å². The van der Waals surface area contributed by atoms with Crippen LogP contribution in [-0.2, 0) is 28.5 Å². The van der Waals surface area contributed by atoms with Gasteiger partial charge in [-0.3, -0.25) is 0 Å². The predicted molar refractivity (Wildman–Crippen MR) is 89.1 cm³/mol. The summed E-state index contributed by atoms with van der Waals surface area (Å²) in [6, 6.07) is 0. The second kappa shape index (κ2) is 15.2. The van der Waals surface area contributed by atoms with E-state index in [0.29, 0.717) is 39.6 Å². The molecule has 6 nitrogen and oxygen atoms in total. The largest absolute Gasteiger partial charge is 0.462 e. The molecule has 0 aliphatic rings. The Kier molecular flexibility index (Phi) is 15.6. The summed E-state index contributed by atoms with van der Waals surface area (Å²) in [5.41, 5.74) is -0.130. The third-order valence-electron chi connectivity index (χ3n) is 2.31. The van der Waals surface area contributed by atoms with Crippen molar-refractivity contribution in [3.63, 3.8) is 0 Å². The van der Waals surface area contributed by atoms with Crippen LogP contribution in [0.1, 0.15) is 27.7 Å². The minimum atomic E-state index is -0.403. The van der Waals surface area contributed by atoms with Gasteiger partial charge >= 0.3 is 11.9 Å². The summed E-state index contributed by atoms with van der Waals surface area (Å²) in [4.78, 5) is 21.1. The summed E-state index contributed by atoms with van der Waals surface area (Å²) in [7, 11) is 0. The molecule has 0 heterocycles. The first-order chi connectivity index (χ1) is 10.8. The molecule has 0 saturated heterocycles. The quantitative estimate of drug-likeness (QED) is 0.329. The van der Waals surface area contributed by atoms with Crippen molar-refractivity contribution >= 4 is 11.9 Å². The van der Waals surface area contributed by atoms with Crippen LogP contribution in [0.5, 0.6) is 0 Å². The average Bonchev–Trinajstić information content (AvgIpc) is 2.55. The number of carbonyl (C=O) groups excluding carboxylic acids is 2. The van der Waals surface area contributed by atoms with E-state index in [4.69, 9.17) is 14.2 Å². The molecule has 134 valence electrons. The lowest BCUT2D eigenvalue weighted by atomic mass is 9.96. The summed E-state index contributed by atoms with van der Waals surface area (Å²) >= 11 is 0. The Bertz CT molecular complexity index is 349. The Morgan fingerprint density at radius 2 is 1.39 bits per heavy atom. The van der Waals surface area contributed by atoms with E-state index in [1.807, 2.05) is 27.7 Å². The van der Waals surface area contributed by atoms with Crippen molar-refractivity contribution in [3.05, 3.63) is 25.3 Å². The number of hydrogen-bond donors (Lipinski definition) is 0. The summed E-state index contributed by atoms with van der Waals surface area (Å²) in [6.45, 7) is 17.4. The molecule has 0 spiro atoms. The van der Waals surface area contributed by atoms with Gasteiger partial charge in [-0.1, -0.05) is 27.0 Å². The number of esters is 2. The van der Waals surface area contributed by atoms with Gasteiger partial charge in [0, 0.05) is 30.8 Å². The van der Waals surface area contributed by atoms with E-state index in [-0.39, 0.29) is 11.4 Å². The molecule has 0 fully saturated rings. The van der Waals surface area contributed by atoms with E-state index < -0.39 is 5.97 Å². The Hall–Kier alpha value is -1.66. The molecule has 0 radical (unpaired) electrons. The van der Waals surface area contributed by atoms with Crippen LogP contribution < -0.4 is 0 Å².